The molecule has 0 aliphatic rings. The molecule has 0 aliphatic heterocycles. The van der Waals surface area contributed by atoms with Crippen LogP contribution >= 0.6 is 0 Å². The number of Topliss-reactive ketones (excluding diaryl/α,β-unsaturated/α-hetero) is 1. The molecule has 0 amide bonds. The van der Waals surface area contributed by atoms with E-state index in [1.165, 1.54) is 11.1 Å². The Balaban J connectivity index is 4.47. The first-order valence-corrected chi connectivity index (χ1v) is 23.4. The van der Waals surface area contributed by atoms with Crippen LogP contribution in [0.2, 0.25) is 58.9 Å². The van der Waals surface area contributed by atoms with E-state index < -0.39 is 25.0 Å². The second-order valence-electron chi connectivity index (χ2n) is 13.5. The van der Waals surface area contributed by atoms with Gasteiger partial charge >= 0.3 is 0 Å². The van der Waals surface area contributed by atoms with Crippen LogP contribution in [0.25, 0.3) is 0 Å². The summed E-state index contributed by atoms with van der Waals surface area (Å²) in [6, 6.07) is 0. The van der Waals surface area contributed by atoms with Crippen LogP contribution in [0.1, 0.15) is 63.0 Å². The molecule has 0 radical (unpaired) electrons. The summed E-state index contributed by atoms with van der Waals surface area (Å²) in [7, 11) is -6.19. The third-order valence-corrected chi connectivity index (χ3v) is 7.42. The first kappa shape index (κ1) is 32.4. The Morgan fingerprint density at radius 2 is 0.944 bits per heavy atom. The van der Waals surface area contributed by atoms with Crippen molar-refractivity contribution in [3.05, 3.63) is 40.0 Å². The van der Waals surface area contributed by atoms with E-state index in [0.29, 0.717) is 29.9 Å². The quantitative estimate of drug-likeness (QED) is 0.148. The summed E-state index contributed by atoms with van der Waals surface area (Å²) < 4.78 is 20.5. The maximum absolute atomic E-state index is 13.9. The van der Waals surface area contributed by atoms with Crippen LogP contribution in [0.15, 0.2) is 23.3 Å². The molecule has 0 unspecified atom stereocenters. The molecule has 0 spiro atoms. The lowest BCUT2D eigenvalue weighted by Gasteiger charge is -2.33. The van der Waals surface area contributed by atoms with Crippen molar-refractivity contribution in [1.29, 1.82) is 0 Å². The molecule has 204 valence electrons. The normalized spacial score (nSPS) is 12.3. The topological polar surface area (TPSA) is 44.8 Å². The summed E-state index contributed by atoms with van der Waals surface area (Å²) >= 11 is 0. The van der Waals surface area contributed by atoms with Gasteiger partial charge in [-0.3, -0.25) is 4.79 Å². The number of hydrogen-bond acceptors (Lipinski definition) is 4. The lowest BCUT2D eigenvalue weighted by Crippen LogP contribution is -2.35. The van der Waals surface area contributed by atoms with Crippen LogP contribution in [-0.2, 0) is 12.8 Å². The Morgan fingerprint density at radius 1 is 0.639 bits per heavy atom. The van der Waals surface area contributed by atoms with Gasteiger partial charge in [-0.2, -0.15) is 0 Å². The molecule has 0 bridgehead atoms. The van der Waals surface area contributed by atoms with Crippen LogP contribution < -0.4 is 13.3 Å². The SMILES string of the molecule is CC(C)=CCc1c(O[Si](C)(C)C)c(CC=C(C)C)c(O[Si](C)(C)C)c(C(=O)C(C)C)c1O[Si](C)(C)C. The van der Waals surface area contributed by atoms with Gasteiger partial charge in [-0.1, -0.05) is 37.1 Å². The van der Waals surface area contributed by atoms with E-state index in [1.54, 1.807) is 0 Å². The van der Waals surface area contributed by atoms with Gasteiger partial charge in [-0.25, -0.2) is 0 Å². The van der Waals surface area contributed by atoms with Crippen molar-refractivity contribution in [2.75, 3.05) is 0 Å². The number of hydrogen-bond donors (Lipinski definition) is 0. The van der Waals surface area contributed by atoms with E-state index in [1.807, 2.05) is 13.8 Å². The summed E-state index contributed by atoms with van der Waals surface area (Å²) in [5, 5.41) is 0. The molecule has 36 heavy (non-hydrogen) atoms. The monoisotopic (exact) mass is 548 g/mol. The lowest BCUT2D eigenvalue weighted by atomic mass is 9.90. The van der Waals surface area contributed by atoms with Crippen molar-refractivity contribution in [1.82, 2.24) is 0 Å². The zero-order valence-corrected chi connectivity index (χ0v) is 28.8. The van der Waals surface area contributed by atoms with Gasteiger partial charge in [0.05, 0.1) is 5.56 Å². The van der Waals surface area contributed by atoms with Gasteiger partial charge < -0.3 is 13.3 Å². The van der Waals surface area contributed by atoms with Gasteiger partial charge in [0.2, 0.25) is 25.0 Å². The van der Waals surface area contributed by atoms with Gasteiger partial charge in [-0.05, 0) is 99.5 Å². The smallest absolute Gasteiger partial charge is 0.242 e. The number of ketones is 1. The molecule has 1 aromatic carbocycles. The van der Waals surface area contributed by atoms with Crippen molar-refractivity contribution in [2.24, 2.45) is 5.92 Å². The minimum atomic E-state index is -2.09. The molecule has 1 rings (SSSR count). The predicted molar refractivity (Wildman–Crippen MR) is 164 cm³/mol. The van der Waals surface area contributed by atoms with E-state index in [0.717, 1.165) is 16.9 Å². The number of carbonyl (C=O) groups is 1. The second kappa shape index (κ2) is 12.3. The molecule has 1 aromatic rings. The zero-order valence-electron chi connectivity index (χ0n) is 25.8. The summed E-state index contributed by atoms with van der Waals surface area (Å²) in [6.45, 7) is 31.9. The highest BCUT2D eigenvalue weighted by atomic mass is 28.4. The molecule has 0 heterocycles. The van der Waals surface area contributed by atoms with Crippen molar-refractivity contribution in [3.63, 3.8) is 0 Å². The fourth-order valence-electron chi connectivity index (χ4n) is 3.56. The zero-order chi connectivity index (χ0) is 28.2. The molecule has 4 nitrogen and oxygen atoms in total. The fourth-order valence-corrected chi connectivity index (χ4v) is 6.09. The van der Waals surface area contributed by atoms with E-state index in [4.69, 9.17) is 13.3 Å². The largest absolute Gasteiger partial charge is 0.544 e. The van der Waals surface area contributed by atoms with Crippen molar-refractivity contribution in [3.8, 4) is 17.2 Å². The van der Waals surface area contributed by atoms with Gasteiger partial charge in [0.25, 0.3) is 0 Å². The van der Waals surface area contributed by atoms with Gasteiger partial charge in [-0.15, -0.1) is 0 Å². The average Bonchev–Trinajstić information content (AvgIpc) is 2.62. The molecule has 0 N–H and O–H groups in total. The molecule has 0 saturated heterocycles. The lowest BCUT2D eigenvalue weighted by molar-refractivity contribution is 0.0935. The maximum Gasteiger partial charge on any atom is 0.242 e. The van der Waals surface area contributed by atoms with Gasteiger partial charge in [0.1, 0.15) is 17.2 Å². The van der Waals surface area contributed by atoms with E-state index in [9.17, 15) is 4.79 Å². The maximum atomic E-state index is 13.9. The Bertz CT molecular complexity index is 932. The van der Waals surface area contributed by atoms with Gasteiger partial charge in [0, 0.05) is 17.0 Å². The van der Waals surface area contributed by atoms with Crippen molar-refractivity contribution in [2.45, 2.75) is 113 Å². The Kier molecular flexibility index (Phi) is 11.1. The van der Waals surface area contributed by atoms with Crippen LogP contribution in [0.5, 0.6) is 17.2 Å². The first-order valence-electron chi connectivity index (χ1n) is 13.2. The summed E-state index contributed by atoms with van der Waals surface area (Å²) in [5.74, 6) is 2.08. The fraction of sp³-hybridized carbons (Fsp3) is 0.621. The van der Waals surface area contributed by atoms with Crippen LogP contribution in [0.3, 0.4) is 0 Å². The Morgan fingerprint density at radius 3 is 1.19 bits per heavy atom. The highest BCUT2D eigenvalue weighted by Gasteiger charge is 2.36. The van der Waals surface area contributed by atoms with E-state index in [-0.39, 0.29) is 11.7 Å². The van der Waals surface area contributed by atoms with Gasteiger partial charge in [0.15, 0.2) is 5.78 Å². The standard InChI is InChI=1S/C29H52O4Si3/c1-20(2)16-18-23-27(31-34(7,8)9)24(19-17-21(3)4)29(33-36(13,14)15)25(26(30)22(5)6)28(23)32-35(10,11)12/h16-17,22H,18-19H2,1-15H3. The van der Waals surface area contributed by atoms with Crippen molar-refractivity contribution < 1.29 is 18.1 Å². The Labute approximate surface area is 224 Å². The highest BCUT2D eigenvalue weighted by molar-refractivity contribution is 6.71. The number of carbonyl (C=O) groups excluding carboxylic acids is 1. The minimum absolute atomic E-state index is 0.0629. The third-order valence-electron chi connectivity index (χ3n) is 4.97. The molecule has 0 aromatic heterocycles. The predicted octanol–water partition coefficient (Wildman–Crippen LogP) is 9.18. The number of rotatable bonds is 12. The summed E-state index contributed by atoms with van der Waals surface area (Å²) in [6.07, 6.45) is 5.71. The van der Waals surface area contributed by atoms with Crippen LogP contribution in [0.4, 0.5) is 0 Å². The molecule has 0 fully saturated rings. The second-order valence-corrected chi connectivity index (χ2v) is 26.7. The van der Waals surface area contributed by atoms with Crippen molar-refractivity contribution >= 4 is 30.7 Å². The molecule has 0 atom stereocenters. The summed E-state index contributed by atoms with van der Waals surface area (Å²) in [4.78, 5) is 13.9. The molecular formula is C29H52O4Si3. The Hall–Kier alpha value is -1.58. The average molecular weight is 549 g/mol. The molecular weight excluding hydrogens is 497 g/mol. The molecule has 0 saturated carbocycles. The highest BCUT2D eigenvalue weighted by Crippen LogP contribution is 2.48. The molecule has 0 aliphatic carbocycles. The molecule has 7 heteroatoms. The van der Waals surface area contributed by atoms with E-state index in [2.05, 4.69) is 98.8 Å². The third kappa shape index (κ3) is 10.4. The van der Waals surface area contributed by atoms with E-state index >= 15 is 0 Å². The van der Waals surface area contributed by atoms with Crippen LogP contribution in [0, 0.1) is 5.92 Å². The summed E-state index contributed by atoms with van der Waals surface area (Å²) in [5.41, 5.74) is 5.00. The van der Waals surface area contributed by atoms with Crippen LogP contribution in [-0.4, -0.2) is 30.7 Å². The first-order chi connectivity index (χ1) is 16.1. The number of benzene rings is 1. The minimum Gasteiger partial charge on any atom is -0.544 e. The number of allylic oxidation sites excluding steroid dienone is 4.